The van der Waals surface area contributed by atoms with E-state index >= 15 is 0 Å². The monoisotopic (exact) mass is 498 g/mol. The Morgan fingerprint density at radius 2 is 2.00 bits per heavy atom. The van der Waals surface area contributed by atoms with E-state index in [4.69, 9.17) is 14.2 Å². The van der Waals surface area contributed by atoms with Gasteiger partial charge in [0.1, 0.15) is 17.9 Å². The van der Waals surface area contributed by atoms with Crippen molar-refractivity contribution in [2.75, 3.05) is 25.0 Å². The molecule has 5 atom stereocenters. The molecule has 188 valence electrons. The number of ether oxygens (including phenoxy) is 3. The number of carbonyl (C=O) groups excluding carboxylic acids is 1. The molecule has 13 nitrogen and oxygen atoms in total. The van der Waals surface area contributed by atoms with Gasteiger partial charge in [-0.3, -0.25) is 9.36 Å². The molecule has 2 aromatic rings. The van der Waals surface area contributed by atoms with Gasteiger partial charge in [-0.1, -0.05) is 0 Å². The zero-order chi connectivity index (χ0) is 24.7. The maximum atomic E-state index is 12.2. The minimum absolute atomic E-state index is 0.0890. The Kier molecular flexibility index (Phi) is 6.96. The van der Waals surface area contributed by atoms with Gasteiger partial charge in [0.25, 0.3) is 5.91 Å². The number of nitrogens with zero attached hydrogens (tertiary/aromatic N) is 4. The summed E-state index contributed by atoms with van der Waals surface area (Å²) in [5, 5.41) is 5.58. The summed E-state index contributed by atoms with van der Waals surface area (Å²) in [5.41, 5.74) is 1.27. The smallest absolute Gasteiger partial charge is 0.363 e. The zero-order valence-electron chi connectivity index (χ0n) is 19.5. The van der Waals surface area contributed by atoms with Crippen molar-refractivity contribution < 1.29 is 33.4 Å². The van der Waals surface area contributed by atoms with E-state index < -0.39 is 31.2 Å². The van der Waals surface area contributed by atoms with Crippen molar-refractivity contribution in [3.05, 3.63) is 12.7 Å². The van der Waals surface area contributed by atoms with E-state index in [1.54, 1.807) is 13.3 Å². The SMILES string of the molecule is CCNC(=O)C(OC[C@H]1C[C@@H](n2cnc3c(NCC)ncnc32)[C@@H]2OC(C)(C)O[C@H]12)P(=O)(O)O. The predicted octanol–water partition coefficient (Wildman–Crippen LogP) is 0.996. The number of carbonyl (C=O) groups is 1. The minimum atomic E-state index is -4.83. The lowest BCUT2D eigenvalue weighted by molar-refractivity contribution is -0.163. The number of anilines is 1. The molecule has 14 heteroatoms. The molecule has 2 aromatic heterocycles. The fourth-order valence-electron chi connectivity index (χ4n) is 4.69. The summed E-state index contributed by atoms with van der Waals surface area (Å²) in [6.07, 6.45) is 2.90. The Hall–Kier alpha value is -2.15. The average molecular weight is 498 g/mol. The number of hydrogen-bond donors (Lipinski definition) is 4. The highest BCUT2D eigenvalue weighted by atomic mass is 31.2. The van der Waals surface area contributed by atoms with Gasteiger partial charge in [0.2, 0.25) is 5.85 Å². The van der Waals surface area contributed by atoms with Crippen LogP contribution in [0, 0.1) is 5.92 Å². The molecule has 1 saturated carbocycles. The highest BCUT2D eigenvalue weighted by Gasteiger charge is 2.55. The van der Waals surface area contributed by atoms with Crippen LogP contribution < -0.4 is 10.6 Å². The molecule has 0 radical (unpaired) electrons. The molecule has 1 saturated heterocycles. The second kappa shape index (κ2) is 9.48. The second-order valence-electron chi connectivity index (χ2n) is 8.87. The maximum Gasteiger partial charge on any atom is 0.363 e. The van der Waals surface area contributed by atoms with E-state index in [1.165, 1.54) is 6.33 Å². The van der Waals surface area contributed by atoms with Crippen LogP contribution in [0.2, 0.25) is 0 Å². The quantitative estimate of drug-likeness (QED) is 0.364. The van der Waals surface area contributed by atoms with Crippen molar-refractivity contribution in [3.63, 3.8) is 0 Å². The van der Waals surface area contributed by atoms with Crippen molar-refractivity contribution >= 4 is 30.5 Å². The first-order chi connectivity index (χ1) is 16.1. The van der Waals surface area contributed by atoms with Crippen LogP contribution in [0.4, 0.5) is 5.82 Å². The summed E-state index contributed by atoms with van der Waals surface area (Å²) in [6.45, 7) is 8.07. The molecular weight excluding hydrogens is 467 g/mol. The first-order valence-corrected chi connectivity index (χ1v) is 13.0. The number of likely N-dealkylation sites (N-methyl/N-ethyl adjacent to an activating group) is 1. The van der Waals surface area contributed by atoms with Gasteiger partial charge < -0.3 is 39.2 Å². The molecule has 0 aromatic carbocycles. The molecular formula is C20H31N6O7P. The number of amides is 1. The largest absolute Gasteiger partial charge is 0.368 e. The summed E-state index contributed by atoms with van der Waals surface area (Å²) in [6, 6.07) is -0.215. The normalized spacial score (nSPS) is 27.0. The molecule has 0 bridgehead atoms. The Morgan fingerprint density at radius 1 is 1.26 bits per heavy atom. The maximum absolute atomic E-state index is 12.2. The Labute approximate surface area is 196 Å². The molecule has 1 unspecified atom stereocenters. The van der Waals surface area contributed by atoms with Crippen molar-refractivity contribution in [2.45, 2.75) is 64.0 Å². The molecule has 4 N–H and O–H groups in total. The van der Waals surface area contributed by atoms with Gasteiger partial charge in [-0.15, -0.1) is 0 Å². The summed E-state index contributed by atoms with van der Waals surface area (Å²) >= 11 is 0. The van der Waals surface area contributed by atoms with E-state index in [0.717, 1.165) is 0 Å². The van der Waals surface area contributed by atoms with Crippen LogP contribution in [0.3, 0.4) is 0 Å². The van der Waals surface area contributed by atoms with Crippen LogP contribution in [-0.4, -0.2) is 78.7 Å². The zero-order valence-corrected chi connectivity index (χ0v) is 20.4. The molecule has 2 fully saturated rings. The van der Waals surface area contributed by atoms with Crippen LogP contribution in [0.5, 0.6) is 0 Å². The highest BCUT2D eigenvalue weighted by Crippen LogP contribution is 2.49. The van der Waals surface area contributed by atoms with Gasteiger partial charge in [-0.2, -0.15) is 0 Å². The molecule has 2 aliphatic rings. The van der Waals surface area contributed by atoms with Crippen LogP contribution >= 0.6 is 7.60 Å². The van der Waals surface area contributed by atoms with Gasteiger partial charge in [0.15, 0.2) is 17.3 Å². The number of fused-ring (bicyclic) bond motifs is 2. The molecule has 1 aliphatic heterocycles. The summed E-state index contributed by atoms with van der Waals surface area (Å²) in [4.78, 5) is 44.7. The molecule has 3 heterocycles. The third-order valence-electron chi connectivity index (χ3n) is 5.96. The van der Waals surface area contributed by atoms with Gasteiger partial charge in [0.05, 0.1) is 25.1 Å². The lowest BCUT2D eigenvalue weighted by atomic mass is 10.1. The number of aromatic nitrogens is 4. The Morgan fingerprint density at radius 3 is 2.68 bits per heavy atom. The summed E-state index contributed by atoms with van der Waals surface area (Å²) in [7, 11) is -4.83. The number of rotatable bonds is 9. The lowest BCUT2D eigenvalue weighted by Crippen LogP contribution is -2.38. The van der Waals surface area contributed by atoms with Crippen molar-refractivity contribution in [3.8, 4) is 0 Å². The topological polar surface area (TPSA) is 170 Å². The van der Waals surface area contributed by atoms with E-state index in [2.05, 4.69) is 25.6 Å². The fourth-order valence-corrected chi connectivity index (χ4v) is 5.36. The van der Waals surface area contributed by atoms with Crippen LogP contribution in [0.1, 0.15) is 40.2 Å². The van der Waals surface area contributed by atoms with Crippen LogP contribution in [0.15, 0.2) is 12.7 Å². The van der Waals surface area contributed by atoms with Crippen molar-refractivity contribution in [1.82, 2.24) is 24.8 Å². The van der Waals surface area contributed by atoms with E-state index in [-0.39, 0.29) is 31.2 Å². The molecule has 1 amide bonds. The molecule has 4 rings (SSSR count). The first-order valence-electron chi connectivity index (χ1n) is 11.3. The van der Waals surface area contributed by atoms with Gasteiger partial charge in [-0.25, -0.2) is 15.0 Å². The van der Waals surface area contributed by atoms with E-state index in [0.29, 0.717) is 29.9 Å². The minimum Gasteiger partial charge on any atom is -0.368 e. The van der Waals surface area contributed by atoms with Crippen molar-refractivity contribution in [1.29, 1.82) is 0 Å². The third kappa shape index (κ3) is 4.81. The summed E-state index contributed by atoms with van der Waals surface area (Å²) < 4.78 is 31.7. The molecule has 1 aliphatic carbocycles. The standard InChI is InChI=1S/C20H31N6O7P/c1-5-21-16-13-17(24-9-23-16)26(10-25-13)12-7-11(14-15(12)33-20(3,4)32-14)8-31-19(34(28,29)30)18(27)22-6-2/h9-12,14-15,19H,5-8H2,1-4H3,(H,22,27)(H,21,23,24)(H2,28,29,30)/t11-,12-,14-,15+,19?/m1/s1. The first kappa shape index (κ1) is 25.0. The third-order valence-corrected chi connectivity index (χ3v) is 6.96. The van der Waals surface area contributed by atoms with Gasteiger partial charge >= 0.3 is 7.60 Å². The number of hydrogen-bond acceptors (Lipinski definition) is 9. The Balaban J connectivity index is 1.60. The van der Waals surface area contributed by atoms with Crippen LogP contribution in [-0.2, 0) is 23.6 Å². The number of imidazole rings is 1. The van der Waals surface area contributed by atoms with Crippen LogP contribution in [0.25, 0.3) is 11.2 Å². The average Bonchev–Trinajstić information content (AvgIpc) is 3.39. The summed E-state index contributed by atoms with van der Waals surface area (Å²) in [5.74, 6) is -3.23. The molecule has 0 spiro atoms. The highest BCUT2D eigenvalue weighted by molar-refractivity contribution is 7.53. The molecule has 34 heavy (non-hydrogen) atoms. The predicted molar refractivity (Wildman–Crippen MR) is 121 cm³/mol. The van der Waals surface area contributed by atoms with E-state index in [9.17, 15) is 19.1 Å². The van der Waals surface area contributed by atoms with E-state index in [1.807, 2.05) is 25.3 Å². The number of nitrogens with one attached hydrogen (secondary N) is 2. The lowest BCUT2D eigenvalue weighted by Gasteiger charge is -2.25. The fraction of sp³-hybridized carbons (Fsp3) is 0.700. The van der Waals surface area contributed by atoms with Gasteiger partial charge in [-0.05, 0) is 34.1 Å². The second-order valence-corrected chi connectivity index (χ2v) is 10.5. The Bertz CT molecular complexity index is 1090. The van der Waals surface area contributed by atoms with Gasteiger partial charge in [0, 0.05) is 19.0 Å². The van der Waals surface area contributed by atoms with Crippen molar-refractivity contribution in [2.24, 2.45) is 5.92 Å².